The van der Waals surface area contributed by atoms with Gasteiger partial charge in [0, 0.05) is 24.2 Å². The highest BCUT2D eigenvalue weighted by atomic mass is 35.5. The van der Waals surface area contributed by atoms with Crippen LogP contribution < -0.4 is 5.73 Å². The molecule has 0 radical (unpaired) electrons. The van der Waals surface area contributed by atoms with Crippen LogP contribution in [0, 0.1) is 0 Å². The molecule has 2 aromatic carbocycles. The van der Waals surface area contributed by atoms with Crippen LogP contribution in [-0.2, 0) is 13.0 Å². The zero-order valence-electron chi connectivity index (χ0n) is 12.5. The smallest absolute Gasteiger partial charge is 0.0409 e. The Hall–Kier alpha value is -1.35. The lowest BCUT2D eigenvalue weighted by Gasteiger charge is -2.27. The molecule has 0 heterocycles. The second-order valence-electron chi connectivity index (χ2n) is 5.46. The molecule has 1 atom stereocenters. The van der Waals surface area contributed by atoms with Crippen LogP contribution in [-0.4, -0.2) is 24.5 Å². The van der Waals surface area contributed by atoms with Crippen molar-refractivity contribution in [3.05, 3.63) is 70.7 Å². The molecule has 2 nitrogen and oxygen atoms in total. The molecule has 0 bridgehead atoms. The molecular formula is C18H23ClN2. The normalized spacial score (nSPS) is 12.6. The zero-order valence-corrected chi connectivity index (χ0v) is 13.3. The number of hydrogen-bond donors (Lipinski definition) is 1. The van der Waals surface area contributed by atoms with Gasteiger partial charge in [-0.25, -0.2) is 0 Å². The van der Waals surface area contributed by atoms with Crippen LogP contribution in [0.2, 0.25) is 5.02 Å². The van der Waals surface area contributed by atoms with Crippen LogP contribution in [0.4, 0.5) is 0 Å². The number of hydrogen-bond acceptors (Lipinski definition) is 2. The highest BCUT2D eigenvalue weighted by Crippen LogP contribution is 2.15. The summed E-state index contributed by atoms with van der Waals surface area (Å²) in [6, 6.07) is 19.0. The van der Waals surface area contributed by atoms with Gasteiger partial charge in [0.2, 0.25) is 0 Å². The number of aryl methyl sites for hydroxylation is 1. The van der Waals surface area contributed by atoms with Gasteiger partial charge in [0.05, 0.1) is 0 Å². The lowest BCUT2D eigenvalue weighted by atomic mass is 10.0. The first-order valence-electron chi connectivity index (χ1n) is 7.37. The molecule has 2 N–H and O–H groups in total. The summed E-state index contributed by atoms with van der Waals surface area (Å²) in [5.74, 6) is 0. The molecule has 0 aliphatic carbocycles. The Labute approximate surface area is 132 Å². The average molecular weight is 303 g/mol. The van der Waals surface area contributed by atoms with Gasteiger partial charge in [-0.15, -0.1) is 0 Å². The van der Waals surface area contributed by atoms with Gasteiger partial charge in [-0.2, -0.15) is 0 Å². The van der Waals surface area contributed by atoms with Gasteiger partial charge in [0.25, 0.3) is 0 Å². The Balaban J connectivity index is 1.90. The van der Waals surface area contributed by atoms with E-state index in [9.17, 15) is 0 Å². The first-order valence-corrected chi connectivity index (χ1v) is 7.75. The molecule has 112 valence electrons. The Kier molecular flexibility index (Phi) is 6.24. The summed E-state index contributed by atoms with van der Waals surface area (Å²) in [4.78, 5) is 2.31. The zero-order chi connectivity index (χ0) is 15.1. The van der Waals surface area contributed by atoms with Crippen molar-refractivity contribution in [2.24, 2.45) is 5.73 Å². The van der Waals surface area contributed by atoms with Gasteiger partial charge >= 0.3 is 0 Å². The molecule has 0 amide bonds. The van der Waals surface area contributed by atoms with Crippen molar-refractivity contribution in [3.8, 4) is 0 Å². The van der Waals surface area contributed by atoms with Gasteiger partial charge in [-0.3, -0.25) is 4.90 Å². The lowest BCUT2D eigenvalue weighted by Crippen LogP contribution is -2.37. The highest BCUT2D eigenvalue weighted by molar-refractivity contribution is 6.30. The van der Waals surface area contributed by atoms with Crippen LogP contribution in [0.5, 0.6) is 0 Å². The van der Waals surface area contributed by atoms with E-state index in [-0.39, 0.29) is 0 Å². The maximum Gasteiger partial charge on any atom is 0.0409 e. The molecule has 0 saturated carbocycles. The highest BCUT2D eigenvalue weighted by Gasteiger charge is 2.13. The van der Waals surface area contributed by atoms with Crippen LogP contribution in [0.1, 0.15) is 17.5 Å². The monoisotopic (exact) mass is 302 g/mol. The Bertz CT molecular complexity index is 542. The fraction of sp³-hybridized carbons (Fsp3) is 0.333. The minimum Gasteiger partial charge on any atom is -0.329 e. The summed E-state index contributed by atoms with van der Waals surface area (Å²) in [6.45, 7) is 1.54. The number of nitrogens with zero attached hydrogens (tertiary/aromatic N) is 1. The van der Waals surface area contributed by atoms with Crippen LogP contribution in [0.15, 0.2) is 54.6 Å². The quantitative estimate of drug-likeness (QED) is 0.844. The molecule has 0 aromatic heterocycles. The van der Waals surface area contributed by atoms with Gasteiger partial charge in [-0.05, 0) is 43.1 Å². The minimum absolute atomic E-state index is 0.379. The summed E-state index contributed by atoms with van der Waals surface area (Å²) >= 11 is 6.04. The molecule has 0 aliphatic rings. The van der Waals surface area contributed by atoms with E-state index in [2.05, 4.69) is 48.3 Å². The fourth-order valence-electron chi connectivity index (χ4n) is 2.55. The van der Waals surface area contributed by atoms with Crippen LogP contribution in [0.25, 0.3) is 0 Å². The van der Waals surface area contributed by atoms with E-state index < -0.39 is 0 Å². The Morgan fingerprint density at radius 1 is 1.05 bits per heavy atom. The lowest BCUT2D eigenvalue weighted by molar-refractivity contribution is 0.227. The summed E-state index contributed by atoms with van der Waals surface area (Å²) in [5.41, 5.74) is 8.55. The standard InChI is InChI=1S/C18H23ClN2/c1-21(14-16-8-5-9-17(19)12-16)18(13-20)11-10-15-6-3-2-4-7-15/h2-9,12,18H,10-11,13-14,20H2,1H3. The van der Waals surface area contributed by atoms with Gasteiger partial charge in [-0.1, -0.05) is 54.1 Å². The topological polar surface area (TPSA) is 29.3 Å². The van der Waals surface area contributed by atoms with Crippen molar-refractivity contribution < 1.29 is 0 Å². The molecule has 0 aliphatic heterocycles. The maximum atomic E-state index is 6.04. The van der Waals surface area contributed by atoms with E-state index >= 15 is 0 Å². The van der Waals surface area contributed by atoms with Crippen LogP contribution >= 0.6 is 11.6 Å². The average Bonchev–Trinajstić information content (AvgIpc) is 2.49. The number of rotatable bonds is 7. The summed E-state index contributed by atoms with van der Waals surface area (Å²) in [7, 11) is 2.13. The molecular weight excluding hydrogens is 280 g/mol. The predicted molar refractivity (Wildman–Crippen MR) is 90.5 cm³/mol. The first kappa shape index (κ1) is 16.0. The molecule has 2 aromatic rings. The summed E-state index contributed by atoms with van der Waals surface area (Å²) in [6.07, 6.45) is 2.13. The summed E-state index contributed by atoms with van der Waals surface area (Å²) < 4.78 is 0. The maximum absolute atomic E-state index is 6.04. The third-order valence-electron chi connectivity index (χ3n) is 3.83. The second kappa shape index (κ2) is 8.18. The van der Waals surface area contributed by atoms with Crippen molar-refractivity contribution in [2.75, 3.05) is 13.6 Å². The van der Waals surface area contributed by atoms with E-state index in [1.54, 1.807) is 0 Å². The number of benzene rings is 2. The summed E-state index contributed by atoms with van der Waals surface area (Å²) in [5, 5.41) is 0.787. The van der Waals surface area contributed by atoms with Crippen molar-refractivity contribution in [1.82, 2.24) is 4.90 Å². The van der Waals surface area contributed by atoms with E-state index in [1.807, 2.05) is 18.2 Å². The second-order valence-corrected chi connectivity index (χ2v) is 5.90. The van der Waals surface area contributed by atoms with Gasteiger partial charge < -0.3 is 5.73 Å². The van der Waals surface area contributed by atoms with Crippen molar-refractivity contribution in [2.45, 2.75) is 25.4 Å². The van der Waals surface area contributed by atoms with Crippen molar-refractivity contribution >= 4 is 11.6 Å². The predicted octanol–water partition coefficient (Wildman–Crippen LogP) is 3.73. The number of nitrogens with two attached hydrogens (primary N) is 1. The third-order valence-corrected chi connectivity index (χ3v) is 4.06. The van der Waals surface area contributed by atoms with E-state index in [0.717, 1.165) is 24.4 Å². The van der Waals surface area contributed by atoms with Crippen molar-refractivity contribution in [1.29, 1.82) is 0 Å². The molecule has 21 heavy (non-hydrogen) atoms. The molecule has 2 rings (SSSR count). The van der Waals surface area contributed by atoms with Gasteiger partial charge in [0.15, 0.2) is 0 Å². The minimum atomic E-state index is 0.379. The Morgan fingerprint density at radius 3 is 2.43 bits per heavy atom. The first-order chi connectivity index (χ1) is 10.2. The molecule has 0 spiro atoms. The Morgan fingerprint density at radius 2 is 1.76 bits per heavy atom. The molecule has 0 fully saturated rings. The SMILES string of the molecule is CN(Cc1cccc(Cl)c1)C(CN)CCc1ccccc1. The van der Waals surface area contributed by atoms with Gasteiger partial charge in [0.1, 0.15) is 0 Å². The van der Waals surface area contributed by atoms with Crippen LogP contribution in [0.3, 0.4) is 0 Å². The fourth-order valence-corrected chi connectivity index (χ4v) is 2.76. The number of halogens is 1. The molecule has 0 saturated heterocycles. The van der Waals surface area contributed by atoms with E-state index in [4.69, 9.17) is 17.3 Å². The molecule has 1 unspecified atom stereocenters. The third kappa shape index (κ3) is 5.16. The van der Waals surface area contributed by atoms with E-state index in [1.165, 1.54) is 11.1 Å². The number of likely N-dealkylation sites (N-methyl/N-ethyl adjacent to an activating group) is 1. The largest absolute Gasteiger partial charge is 0.329 e. The van der Waals surface area contributed by atoms with E-state index in [0.29, 0.717) is 12.6 Å². The van der Waals surface area contributed by atoms with Crippen molar-refractivity contribution in [3.63, 3.8) is 0 Å². The molecule has 3 heteroatoms.